The average Bonchev–Trinajstić information content (AvgIpc) is 1.85. The monoisotopic (exact) mass is 146 g/mol. The van der Waals surface area contributed by atoms with E-state index in [2.05, 4.69) is 19.3 Å². The minimum absolute atomic E-state index is 0.122. The normalized spacial score (nSPS) is 9.11. The van der Waals surface area contributed by atoms with Gasteiger partial charge in [0.2, 0.25) is 0 Å². The molecule has 0 aromatic rings. The molecule has 0 rings (SSSR count). The zero-order valence-electron chi connectivity index (χ0n) is 4.87. The van der Waals surface area contributed by atoms with Crippen molar-refractivity contribution in [1.82, 2.24) is 5.23 Å². The Morgan fingerprint density at radius 1 is 1.89 bits per heavy atom. The third kappa shape index (κ3) is 5.60. The van der Waals surface area contributed by atoms with Crippen LogP contribution in [0.1, 0.15) is 6.42 Å². The maximum absolute atomic E-state index is 10.4. The van der Waals surface area contributed by atoms with E-state index in [-0.39, 0.29) is 18.9 Å². The van der Waals surface area contributed by atoms with E-state index in [1.165, 1.54) is 7.21 Å². The number of hydrogen-bond acceptors (Lipinski definition) is 3. The van der Waals surface area contributed by atoms with Gasteiger partial charge in [-0.25, -0.2) is 0 Å². The summed E-state index contributed by atoms with van der Waals surface area (Å²) in [5.74, 6) is -0.233. The summed E-state index contributed by atoms with van der Waals surface area (Å²) in [4.78, 5) is 10.4. The molecule has 2 N–H and O–H groups in total. The Morgan fingerprint density at radius 3 is 3.00 bits per heavy atom. The summed E-state index contributed by atoms with van der Waals surface area (Å²) in [6.45, 7) is -0.128. The Hall–Kier alpha value is -0.275. The van der Waals surface area contributed by atoms with Crippen molar-refractivity contribution in [2.24, 2.45) is 4.67 Å². The van der Waals surface area contributed by atoms with Crippen LogP contribution >= 0.6 is 9.39 Å². The third-order valence-corrected chi connectivity index (χ3v) is 0.788. The van der Waals surface area contributed by atoms with E-state index in [0.717, 1.165) is 0 Å². The van der Waals surface area contributed by atoms with Crippen molar-refractivity contribution in [3.63, 3.8) is 0 Å². The molecular weight excluding hydrogens is 138 g/mol. The summed E-state index contributed by atoms with van der Waals surface area (Å²) in [6.07, 6.45) is 0.122. The van der Waals surface area contributed by atoms with Crippen molar-refractivity contribution in [2.75, 3.05) is 6.61 Å². The second kappa shape index (κ2) is 5.85. The first-order valence-electron chi connectivity index (χ1n) is 2.43. The van der Waals surface area contributed by atoms with E-state index in [4.69, 9.17) is 5.11 Å². The molecule has 0 spiro atoms. The molecule has 1 amide bonds. The predicted molar refractivity (Wildman–Crippen MR) is 37.7 cm³/mol. The van der Waals surface area contributed by atoms with Crippen LogP contribution in [-0.4, -0.2) is 24.8 Å². The van der Waals surface area contributed by atoms with E-state index in [1.807, 2.05) is 0 Å². The van der Waals surface area contributed by atoms with Gasteiger partial charge in [0.05, 0.1) is 0 Å². The van der Waals surface area contributed by atoms with Crippen molar-refractivity contribution in [3.8, 4) is 0 Å². The Morgan fingerprint density at radius 2 is 2.56 bits per heavy atom. The summed E-state index contributed by atoms with van der Waals surface area (Å²) >= 11 is 0. The molecule has 9 heavy (non-hydrogen) atoms. The molecule has 0 saturated carbocycles. The standard InChI is InChI=1S/C3H8BN2O2P/c7-2-1-3(8)5-4-6-9/h7H,1-2,9H2,(H,5,8). The maximum atomic E-state index is 10.4. The summed E-state index contributed by atoms with van der Waals surface area (Å²) in [5.41, 5.74) is 0. The van der Waals surface area contributed by atoms with Gasteiger partial charge in [-0.15, -0.1) is 0 Å². The van der Waals surface area contributed by atoms with E-state index >= 15 is 0 Å². The number of nitrogens with zero attached hydrogens (tertiary/aromatic N) is 1. The van der Waals surface area contributed by atoms with Crippen molar-refractivity contribution in [3.05, 3.63) is 0 Å². The third-order valence-electron chi connectivity index (χ3n) is 0.639. The second-order valence-electron chi connectivity index (χ2n) is 1.32. The number of amides is 1. The van der Waals surface area contributed by atoms with Crippen molar-refractivity contribution in [2.45, 2.75) is 6.42 Å². The van der Waals surface area contributed by atoms with Gasteiger partial charge in [-0.3, -0.25) is 0 Å². The van der Waals surface area contributed by atoms with Crippen LogP contribution in [-0.2, 0) is 4.79 Å². The van der Waals surface area contributed by atoms with Crippen LogP contribution in [0.4, 0.5) is 0 Å². The molecule has 0 radical (unpaired) electrons. The summed E-state index contributed by atoms with van der Waals surface area (Å²) in [6, 6.07) is 0. The van der Waals surface area contributed by atoms with Crippen LogP contribution in [0.15, 0.2) is 4.67 Å². The molecule has 6 heteroatoms. The van der Waals surface area contributed by atoms with Crippen molar-refractivity contribution >= 4 is 22.5 Å². The summed E-state index contributed by atoms with van der Waals surface area (Å²) < 4.78 is 3.44. The van der Waals surface area contributed by atoms with E-state index in [0.29, 0.717) is 0 Å². The number of aliphatic hydroxyl groups is 1. The van der Waals surface area contributed by atoms with Crippen molar-refractivity contribution in [1.29, 1.82) is 0 Å². The zero-order chi connectivity index (χ0) is 7.11. The van der Waals surface area contributed by atoms with Crippen LogP contribution in [0.5, 0.6) is 0 Å². The zero-order valence-corrected chi connectivity index (χ0v) is 6.03. The number of aliphatic hydroxyl groups excluding tert-OH is 1. The molecule has 0 aromatic carbocycles. The predicted octanol–water partition coefficient (Wildman–Crippen LogP) is -0.922. The van der Waals surface area contributed by atoms with Gasteiger partial charge in [0.15, 0.2) is 0 Å². The molecule has 0 saturated heterocycles. The van der Waals surface area contributed by atoms with Gasteiger partial charge < -0.3 is 0 Å². The average molecular weight is 146 g/mol. The van der Waals surface area contributed by atoms with Gasteiger partial charge in [-0.2, -0.15) is 0 Å². The van der Waals surface area contributed by atoms with Crippen LogP contribution in [0.2, 0.25) is 0 Å². The fourth-order valence-corrected chi connectivity index (χ4v) is 0.358. The van der Waals surface area contributed by atoms with Crippen molar-refractivity contribution < 1.29 is 9.90 Å². The topological polar surface area (TPSA) is 61.7 Å². The molecule has 0 fully saturated rings. The molecule has 1 atom stereocenters. The first-order chi connectivity index (χ1) is 4.31. The molecule has 4 nitrogen and oxygen atoms in total. The molecule has 0 heterocycles. The summed E-state index contributed by atoms with van der Waals surface area (Å²) in [5, 5.41) is 10.5. The minimum atomic E-state index is -0.233. The van der Waals surface area contributed by atoms with Gasteiger partial charge in [0, 0.05) is 0 Å². The van der Waals surface area contributed by atoms with Crippen LogP contribution in [0, 0.1) is 0 Å². The molecular formula is C3H8BN2O2P. The number of rotatable bonds is 3. The fourth-order valence-electron chi connectivity index (χ4n) is 0.283. The van der Waals surface area contributed by atoms with Gasteiger partial charge in [0.1, 0.15) is 0 Å². The molecule has 1 unspecified atom stereocenters. The van der Waals surface area contributed by atoms with E-state index < -0.39 is 0 Å². The van der Waals surface area contributed by atoms with Crippen LogP contribution in [0.3, 0.4) is 0 Å². The molecule has 0 aliphatic rings. The molecule has 50 valence electrons. The Bertz CT molecular complexity index is 118. The first-order valence-corrected chi connectivity index (χ1v) is 2.95. The van der Waals surface area contributed by atoms with Gasteiger partial charge in [-0.05, 0) is 0 Å². The Balaban J connectivity index is 3.27. The number of nitrogens with one attached hydrogen (secondary N) is 1. The van der Waals surface area contributed by atoms with Crippen LogP contribution < -0.4 is 5.23 Å². The van der Waals surface area contributed by atoms with E-state index in [1.54, 1.807) is 0 Å². The number of carbonyl (C=O) groups is 1. The molecule has 0 aromatic heterocycles. The number of hydrogen-bond donors (Lipinski definition) is 2. The van der Waals surface area contributed by atoms with Crippen LogP contribution in [0.25, 0.3) is 0 Å². The van der Waals surface area contributed by atoms with Gasteiger partial charge in [0.25, 0.3) is 0 Å². The Labute approximate surface area is 56.3 Å². The Kier molecular flexibility index (Phi) is 5.68. The van der Waals surface area contributed by atoms with E-state index in [9.17, 15) is 4.79 Å². The van der Waals surface area contributed by atoms with Gasteiger partial charge in [-0.1, -0.05) is 0 Å². The molecule has 0 bridgehead atoms. The SMILES string of the molecule is O=C(CCO)N/B=N/P. The summed E-state index contributed by atoms with van der Waals surface area (Å²) in [7, 11) is 3.33. The number of carbonyl (C=O) groups excluding carboxylic acids is 1. The molecule has 0 aliphatic heterocycles. The second-order valence-corrected chi connectivity index (χ2v) is 1.62. The van der Waals surface area contributed by atoms with Gasteiger partial charge >= 0.3 is 55.3 Å². The fraction of sp³-hybridized carbons (Fsp3) is 0.667. The quantitative estimate of drug-likeness (QED) is 0.399. The molecule has 0 aliphatic carbocycles. The first kappa shape index (κ1) is 8.72.